The number of nitrogens with one attached hydrogen (secondary N) is 2. The van der Waals surface area contributed by atoms with Crippen LogP contribution in [-0.4, -0.2) is 22.0 Å². The zero-order valence-electron chi connectivity index (χ0n) is 15.2. The molecule has 146 valence electrons. The molecule has 0 saturated heterocycles. The number of H-pyrrole nitrogens is 1. The van der Waals surface area contributed by atoms with Crippen molar-refractivity contribution < 1.29 is 19.4 Å². The summed E-state index contributed by atoms with van der Waals surface area (Å²) in [4.78, 5) is 25.4. The highest BCUT2D eigenvalue weighted by molar-refractivity contribution is 6.37. The number of aliphatic carboxylic acids is 1. The number of carbonyl (C=O) groups is 2. The fourth-order valence-electron chi connectivity index (χ4n) is 2.85. The molecule has 0 radical (unpaired) electrons. The highest BCUT2D eigenvalue weighted by Crippen LogP contribution is 2.40. The molecule has 3 rings (SSSR count). The van der Waals surface area contributed by atoms with Crippen molar-refractivity contribution in [1.82, 2.24) is 4.98 Å². The van der Waals surface area contributed by atoms with Gasteiger partial charge in [0.1, 0.15) is 12.2 Å². The van der Waals surface area contributed by atoms with E-state index in [1.807, 2.05) is 18.3 Å². The second-order valence-electron chi connectivity index (χ2n) is 6.60. The number of aromatic nitrogens is 1. The van der Waals surface area contributed by atoms with Crippen molar-refractivity contribution in [2.75, 3.05) is 5.32 Å². The number of carboxylic acids is 1. The number of aromatic amines is 1. The Kier molecular flexibility index (Phi) is 5.82. The first-order chi connectivity index (χ1) is 13.2. The summed E-state index contributed by atoms with van der Waals surface area (Å²) in [6, 6.07) is 8.54. The van der Waals surface area contributed by atoms with Crippen molar-refractivity contribution >= 4 is 51.7 Å². The second kappa shape index (κ2) is 8.12. The van der Waals surface area contributed by atoms with Crippen LogP contribution >= 0.6 is 23.2 Å². The molecule has 0 saturated carbocycles. The van der Waals surface area contributed by atoms with E-state index in [1.54, 1.807) is 6.07 Å². The molecule has 0 bridgehead atoms. The summed E-state index contributed by atoms with van der Waals surface area (Å²) < 4.78 is 5.89. The van der Waals surface area contributed by atoms with Crippen LogP contribution in [0.15, 0.2) is 36.5 Å². The molecule has 28 heavy (non-hydrogen) atoms. The number of anilines is 1. The SMILES string of the molecule is CC(C)c1c[nH]c2ccc(Oc3c(Cl)cc(NC(=O)CC(=O)O)cc3Cl)cc12. The number of halogens is 2. The zero-order chi connectivity index (χ0) is 20.4. The summed E-state index contributed by atoms with van der Waals surface area (Å²) in [6.07, 6.45) is 1.33. The quantitative estimate of drug-likeness (QED) is 0.439. The van der Waals surface area contributed by atoms with Gasteiger partial charge in [0.25, 0.3) is 0 Å². The Bertz CT molecular complexity index is 1040. The molecule has 6 nitrogen and oxygen atoms in total. The maximum absolute atomic E-state index is 11.6. The average Bonchev–Trinajstić information content (AvgIpc) is 3.00. The normalized spacial score (nSPS) is 11.0. The Labute approximate surface area is 171 Å². The fraction of sp³-hybridized carbons (Fsp3) is 0.200. The van der Waals surface area contributed by atoms with Gasteiger partial charge in [0.05, 0.1) is 10.0 Å². The number of ether oxygens (including phenoxy) is 1. The standard InChI is InChI=1S/C20H18Cl2N2O4/c1-10(2)14-9-23-17-4-3-12(7-13(14)17)28-20-15(21)5-11(6-16(20)22)24-18(25)8-19(26)27/h3-7,9-10,23H,8H2,1-2H3,(H,24,25)(H,26,27). The lowest BCUT2D eigenvalue weighted by molar-refractivity contribution is -0.139. The molecular formula is C20H18Cl2N2O4. The smallest absolute Gasteiger partial charge is 0.312 e. The molecule has 8 heteroatoms. The van der Waals surface area contributed by atoms with Gasteiger partial charge in [0, 0.05) is 22.8 Å². The fourth-order valence-corrected chi connectivity index (χ4v) is 3.42. The minimum absolute atomic E-state index is 0.191. The predicted molar refractivity (Wildman–Crippen MR) is 110 cm³/mol. The van der Waals surface area contributed by atoms with Gasteiger partial charge in [-0.15, -0.1) is 0 Å². The molecule has 0 aliphatic rings. The van der Waals surface area contributed by atoms with Gasteiger partial charge in [-0.25, -0.2) is 0 Å². The Hall–Kier alpha value is -2.70. The van der Waals surface area contributed by atoms with Crippen molar-refractivity contribution in [3.05, 3.63) is 52.1 Å². The minimum atomic E-state index is -1.23. The highest BCUT2D eigenvalue weighted by Gasteiger charge is 2.15. The van der Waals surface area contributed by atoms with E-state index in [-0.39, 0.29) is 21.5 Å². The van der Waals surface area contributed by atoms with Crippen LogP contribution in [-0.2, 0) is 9.59 Å². The zero-order valence-corrected chi connectivity index (χ0v) is 16.7. The van der Waals surface area contributed by atoms with E-state index in [4.69, 9.17) is 33.0 Å². The van der Waals surface area contributed by atoms with Gasteiger partial charge in [-0.05, 0) is 41.8 Å². The first-order valence-corrected chi connectivity index (χ1v) is 9.29. The molecule has 0 unspecified atom stereocenters. The number of carboxylic acid groups (broad SMARTS) is 1. The van der Waals surface area contributed by atoms with E-state index in [9.17, 15) is 9.59 Å². The van der Waals surface area contributed by atoms with E-state index < -0.39 is 18.3 Å². The van der Waals surface area contributed by atoms with Crippen LogP contribution in [0.2, 0.25) is 10.0 Å². The van der Waals surface area contributed by atoms with Crippen LogP contribution < -0.4 is 10.1 Å². The van der Waals surface area contributed by atoms with Crippen LogP contribution in [0, 0.1) is 0 Å². The molecule has 1 heterocycles. The lowest BCUT2D eigenvalue weighted by Crippen LogP contribution is -2.15. The number of amides is 1. The number of rotatable bonds is 6. The molecule has 3 N–H and O–H groups in total. The molecule has 0 aliphatic carbocycles. The molecule has 2 aromatic carbocycles. The topological polar surface area (TPSA) is 91.4 Å². The van der Waals surface area contributed by atoms with Crippen molar-refractivity contribution in [1.29, 1.82) is 0 Å². The van der Waals surface area contributed by atoms with E-state index in [1.165, 1.54) is 17.7 Å². The molecular weight excluding hydrogens is 403 g/mol. The summed E-state index contributed by atoms with van der Waals surface area (Å²) in [5, 5.41) is 12.5. The largest absolute Gasteiger partial charge is 0.481 e. The van der Waals surface area contributed by atoms with Gasteiger partial charge >= 0.3 is 5.97 Å². The van der Waals surface area contributed by atoms with Gasteiger partial charge in [-0.1, -0.05) is 37.0 Å². The molecule has 1 aromatic heterocycles. The van der Waals surface area contributed by atoms with Gasteiger partial charge < -0.3 is 20.1 Å². The molecule has 3 aromatic rings. The van der Waals surface area contributed by atoms with Gasteiger partial charge in [-0.2, -0.15) is 0 Å². The van der Waals surface area contributed by atoms with Crippen LogP contribution in [0.3, 0.4) is 0 Å². The molecule has 0 fully saturated rings. The van der Waals surface area contributed by atoms with Crippen molar-refractivity contribution in [2.24, 2.45) is 0 Å². The van der Waals surface area contributed by atoms with Gasteiger partial charge in [0.2, 0.25) is 5.91 Å². The Morgan fingerprint density at radius 3 is 2.46 bits per heavy atom. The number of benzene rings is 2. The van der Waals surface area contributed by atoms with Crippen LogP contribution in [0.4, 0.5) is 5.69 Å². The number of fused-ring (bicyclic) bond motifs is 1. The lowest BCUT2D eigenvalue weighted by Gasteiger charge is -2.13. The van der Waals surface area contributed by atoms with Crippen molar-refractivity contribution in [3.63, 3.8) is 0 Å². The van der Waals surface area contributed by atoms with Crippen LogP contribution in [0.5, 0.6) is 11.5 Å². The monoisotopic (exact) mass is 420 g/mol. The lowest BCUT2D eigenvalue weighted by atomic mass is 10.0. The number of hydrogen-bond acceptors (Lipinski definition) is 3. The van der Waals surface area contributed by atoms with Crippen molar-refractivity contribution in [3.8, 4) is 11.5 Å². The maximum atomic E-state index is 11.6. The Balaban J connectivity index is 1.86. The number of carbonyl (C=O) groups excluding carboxylic acids is 1. The van der Waals surface area contributed by atoms with Crippen molar-refractivity contribution in [2.45, 2.75) is 26.2 Å². The molecule has 0 spiro atoms. The first-order valence-electron chi connectivity index (χ1n) is 8.54. The summed E-state index contributed by atoms with van der Waals surface area (Å²) in [5.41, 5.74) is 2.47. The average molecular weight is 421 g/mol. The van der Waals surface area contributed by atoms with Crippen LogP contribution in [0.1, 0.15) is 31.7 Å². The summed E-state index contributed by atoms with van der Waals surface area (Å²) in [6.45, 7) is 4.22. The number of hydrogen-bond donors (Lipinski definition) is 3. The van der Waals surface area contributed by atoms with Gasteiger partial charge in [0.15, 0.2) is 5.75 Å². The van der Waals surface area contributed by atoms with Crippen LogP contribution in [0.25, 0.3) is 10.9 Å². The summed E-state index contributed by atoms with van der Waals surface area (Å²) in [5.74, 6) is -0.728. The minimum Gasteiger partial charge on any atom is -0.481 e. The van der Waals surface area contributed by atoms with E-state index in [2.05, 4.69) is 24.1 Å². The third-order valence-corrected chi connectivity index (χ3v) is 4.68. The molecule has 0 aliphatic heterocycles. The summed E-state index contributed by atoms with van der Waals surface area (Å²) in [7, 11) is 0. The first kappa shape index (κ1) is 20.0. The van der Waals surface area contributed by atoms with Gasteiger partial charge in [-0.3, -0.25) is 9.59 Å². The third kappa shape index (κ3) is 4.40. The maximum Gasteiger partial charge on any atom is 0.312 e. The van der Waals surface area contributed by atoms with E-state index in [0.29, 0.717) is 11.7 Å². The Morgan fingerprint density at radius 2 is 1.86 bits per heavy atom. The highest BCUT2D eigenvalue weighted by atomic mass is 35.5. The summed E-state index contributed by atoms with van der Waals surface area (Å²) >= 11 is 12.5. The van der Waals surface area contributed by atoms with E-state index in [0.717, 1.165) is 10.9 Å². The third-order valence-electron chi connectivity index (χ3n) is 4.12. The second-order valence-corrected chi connectivity index (χ2v) is 7.41. The molecule has 0 atom stereocenters. The van der Waals surface area contributed by atoms with E-state index >= 15 is 0 Å². The molecule has 1 amide bonds. The Morgan fingerprint density at radius 1 is 1.18 bits per heavy atom. The predicted octanol–water partition coefficient (Wildman–Crippen LogP) is 5.80.